The topological polar surface area (TPSA) is 82.4 Å². The second-order valence-electron chi connectivity index (χ2n) is 6.22. The Bertz CT molecular complexity index is 886. The SMILES string of the molecule is CN(Cc1cccc(C#N)c1)C(=O)COc1ccc2c(c1)CCC(=O)N2. The normalized spacial score (nSPS) is 12.5. The molecule has 26 heavy (non-hydrogen) atoms. The van der Waals surface area contributed by atoms with E-state index in [0.29, 0.717) is 30.7 Å². The summed E-state index contributed by atoms with van der Waals surface area (Å²) in [6.45, 7) is 0.341. The minimum Gasteiger partial charge on any atom is -0.484 e. The van der Waals surface area contributed by atoms with Gasteiger partial charge >= 0.3 is 0 Å². The van der Waals surface area contributed by atoms with Crippen molar-refractivity contribution in [3.8, 4) is 11.8 Å². The van der Waals surface area contributed by atoms with Crippen LogP contribution >= 0.6 is 0 Å². The van der Waals surface area contributed by atoms with Gasteiger partial charge in [-0.2, -0.15) is 5.26 Å². The molecule has 1 N–H and O–H groups in total. The first kappa shape index (κ1) is 17.5. The third-order valence-electron chi connectivity index (χ3n) is 4.24. The van der Waals surface area contributed by atoms with E-state index >= 15 is 0 Å². The molecule has 0 spiro atoms. The van der Waals surface area contributed by atoms with Gasteiger partial charge in [0.25, 0.3) is 5.91 Å². The predicted octanol–water partition coefficient (Wildman–Crippen LogP) is 2.48. The van der Waals surface area contributed by atoms with Gasteiger partial charge in [-0.1, -0.05) is 12.1 Å². The van der Waals surface area contributed by atoms with Gasteiger partial charge in [0.05, 0.1) is 11.6 Å². The molecule has 2 amide bonds. The summed E-state index contributed by atoms with van der Waals surface area (Å²) in [5, 5.41) is 11.8. The Morgan fingerprint density at radius 3 is 2.92 bits per heavy atom. The maximum Gasteiger partial charge on any atom is 0.260 e. The molecule has 132 valence electrons. The molecule has 0 radical (unpaired) electrons. The fourth-order valence-corrected chi connectivity index (χ4v) is 2.81. The minimum absolute atomic E-state index is 0.0171. The number of ether oxygens (including phenoxy) is 1. The smallest absolute Gasteiger partial charge is 0.260 e. The van der Waals surface area contributed by atoms with Crippen LogP contribution in [0.15, 0.2) is 42.5 Å². The minimum atomic E-state index is -0.154. The molecule has 6 nitrogen and oxygen atoms in total. The van der Waals surface area contributed by atoms with E-state index in [0.717, 1.165) is 16.8 Å². The zero-order chi connectivity index (χ0) is 18.5. The molecule has 0 aliphatic carbocycles. The number of nitrogens with zero attached hydrogens (tertiary/aromatic N) is 2. The zero-order valence-corrected chi connectivity index (χ0v) is 14.5. The van der Waals surface area contributed by atoms with Gasteiger partial charge in [0.1, 0.15) is 5.75 Å². The molecule has 0 atom stereocenters. The second-order valence-corrected chi connectivity index (χ2v) is 6.22. The fraction of sp³-hybridized carbons (Fsp3) is 0.250. The highest BCUT2D eigenvalue weighted by Gasteiger charge is 2.16. The summed E-state index contributed by atoms with van der Waals surface area (Å²) >= 11 is 0. The van der Waals surface area contributed by atoms with Crippen LogP contribution in [0, 0.1) is 11.3 Å². The van der Waals surface area contributed by atoms with Crippen LogP contribution in [0.3, 0.4) is 0 Å². The number of likely N-dealkylation sites (N-methyl/N-ethyl adjacent to an activating group) is 1. The van der Waals surface area contributed by atoms with Crippen LogP contribution < -0.4 is 10.1 Å². The molecular weight excluding hydrogens is 330 g/mol. The summed E-state index contributed by atoms with van der Waals surface area (Å²) in [4.78, 5) is 25.2. The highest BCUT2D eigenvalue weighted by atomic mass is 16.5. The molecule has 6 heteroatoms. The predicted molar refractivity (Wildman–Crippen MR) is 96.5 cm³/mol. The third-order valence-corrected chi connectivity index (χ3v) is 4.24. The van der Waals surface area contributed by atoms with E-state index < -0.39 is 0 Å². The Morgan fingerprint density at radius 2 is 2.12 bits per heavy atom. The number of carbonyl (C=O) groups is 2. The highest BCUT2D eigenvalue weighted by molar-refractivity contribution is 5.94. The molecule has 0 unspecified atom stereocenters. The van der Waals surface area contributed by atoms with Crippen molar-refractivity contribution in [2.75, 3.05) is 19.0 Å². The van der Waals surface area contributed by atoms with E-state index in [2.05, 4.69) is 11.4 Å². The molecule has 1 aliphatic heterocycles. The van der Waals surface area contributed by atoms with Gasteiger partial charge in [0.2, 0.25) is 5.91 Å². The van der Waals surface area contributed by atoms with Crippen molar-refractivity contribution < 1.29 is 14.3 Å². The lowest BCUT2D eigenvalue weighted by Crippen LogP contribution is -2.31. The van der Waals surface area contributed by atoms with Crippen molar-refractivity contribution >= 4 is 17.5 Å². The zero-order valence-electron chi connectivity index (χ0n) is 14.5. The van der Waals surface area contributed by atoms with Gasteiger partial charge in [0, 0.05) is 25.7 Å². The number of nitrogens with one attached hydrogen (secondary N) is 1. The molecule has 0 bridgehead atoms. The fourth-order valence-electron chi connectivity index (χ4n) is 2.81. The standard InChI is InChI=1S/C20H19N3O3/c1-23(12-15-4-2-3-14(9-15)11-21)20(25)13-26-17-6-7-18-16(10-17)5-8-19(24)22-18/h2-4,6-7,9-10H,5,8,12-13H2,1H3,(H,22,24). The number of hydrogen-bond donors (Lipinski definition) is 1. The lowest BCUT2D eigenvalue weighted by Gasteiger charge is -2.19. The Morgan fingerprint density at radius 1 is 1.27 bits per heavy atom. The summed E-state index contributed by atoms with van der Waals surface area (Å²) in [6, 6.07) is 14.7. The van der Waals surface area contributed by atoms with Crippen LogP contribution in [-0.2, 0) is 22.6 Å². The molecule has 0 fully saturated rings. The monoisotopic (exact) mass is 349 g/mol. The van der Waals surface area contributed by atoms with E-state index in [-0.39, 0.29) is 18.4 Å². The van der Waals surface area contributed by atoms with Crippen molar-refractivity contribution in [3.63, 3.8) is 0 Å². The molecule has 0 saturated carbocycles. The quantitative estimate of drug-likeness (QED) is 0.899. The lowest BCUT2D eigenvalue weighted by molar-refractivity contribution is -0.132. The Labute approximate surface area is 152 Å². The third kappa shape index (κ3) is 4.19. The Balaban J connectivity index is 1.56. The molecule has 2 aromatic carbocycles. The van der Waals surface area contributed by atoms with Crippen LogP contribution in [0.5, 0.6) is 5.75 Å². The number of rotatable bonds is 5. The number of hydrogen-bond acceptors (Lipinski definition) is 4. The second kappa shape index (κ2) is 7.70. The summed E-state index contributed by atoms with van der Waals surface area (Å²) < 4.78 is 5.61. The first-order valence-electron chi connectivity index (χ1n) is 8.34. The number of carbonyl (C=O) groups excluding carboxylic acids is 2. The molecule has 1 heterocycles. The Hall–Kier alpha value is -3.33. The van der Waals surface area contributed by atoms with Crippen molar-refractivity contribution in [2.24, 2.45) is 0 Å². The number of anilines is 1. The van der Waals surface area contributed by atoms with Crippen LogP contribution in [0.25, 0.3) is 0 Å². The average Bonchev–Trinajstić information content (AvgIpc) is 2.66. The number of fused-ring (bicyclic) bond motifs is 1. The maximum atomic E-state index is 12.3. The van der Waals surface area contributed by atoms with Gasteiger partial charge in [-0.15, -0.1) is 0 Å². The van der Waals surface area contributed by atoms with Crippen molar-refractivity contribution in [2.45, 2.75) is 19.4 Å². The van der Waals surface area contributed by atoms with Crippen molar-refractivity contribution in [3.05, 3.63) is 59.2 Å². The molecule has 0 aromatic heterocycles. The summed E-state index contributed by atoms with van der Waals surface area (Å²) in [7, 11) is 1.70. The first-order valence-corrected chi connectivity index (χ1v) is 8.34. The molecule has 1 aliphatic rings. The van der Waals surface area contributed by atoms with Crippen LogP contribution in [0.1, 0.15) is 23.1 Å². The van der Waals surface area contributed by atoms with Crippen LogP contribution in [0.4, 0.5) is 5.69 Å². The molecular formula is C20H19N3O3. The van der Waals surface area contributed by atoms with E-state index in [1.54, 1.807) is 42.3 Å². The Kier molecular flexibility index (Phi) is 5.18. The summed E-state index contributed by atoms with van der Waals surface area (Å²) in [5.74, 6) is 0.468. The van der Waals surface area contributed by atoms with Gasteiger partial charge in [0.15, 0.2) is 6.61 Å². The van der Waals surface area contributed by atoms with Gasteiger partial charge in [-0.05, 0) is 47.9 Å². The molecule has 0 saturated heterocycles. The number of amides is 2. The molecule has 2 aromatic rings. The number of benzene rings is 2. The van der Waals surface area contributed by atoms with Gasteiger partial charge < -0.3 is 15.0 Å². The number of nitriles is 1. The lowest BCUT2D eigenvalue weighted by atomic mass is 10.0. The van der Waals surface area contributed by atoms with Crippen molar-refractivity contribution in [1.29, 1.82) is 5.26 Å². The van der Waals surface area contributed by atoms with Gasteiger partial charge in [-0.25, -0.2) is 0 Å². The summed E-state index contributed by atoms with van der Waals surface area (Å²) in [5.41, 5.74) is 3.27. The highest BCUT2D eigenvalue weighted by Crippen LogP contribution is 2.26. The van der Waals surface area contributed by atoms with Crippen LogP contribution in [0.2, 0.25) is 0 Å². The van der Waals surface area contributed by atoms with Crippen LogP contribution in [-0.4, -0.2) is 30.4 Å². The molecule has 3 rings (SSSR count). The van der Waals surface area contributed by atoms with Crippen molar-refractivity contribution in [1.82, 2.24) is 4.90 Å². The average molecular weight is 349 g/mol. The largest absolute Gasteiger partial charge is 0.484 e. The maximum absolute atomic E-state index is 12.3. The van der Waals surface area contributed by atoms with E-state index in [1.165, 1.54) is 0 Å². The van der Waals surface area contributed by atoms with E-state index in [4.69, 9.17) is 10.00 Å². The first-order chi connectivity index (χ1) is 12.5. The van der Waals surface area contributed by atoms with E-state index in [1.807, 2.05) is 12.1 Å². The van der Waals surface area contributed by atoms with E-state index in [9.17, 15) is 9.59 Å². The summed E-state index contributed by atoms with van der Waals surface area (Å²) in [6.07, 6.45) is 1.13. The van der Waals surface area contributed by atoms with Gasteiger partial charge in [-0.3, -0.25) is 9.59 Å². The number of aryl methyl sites for hydroxylation is 1.